The van der Waals surface area contributed by atoms with E-state index in [0.717, 1.165) is 5.56 Å². The number of nitrogens with zero attached hydrogens (tertiary/aromatic N) is 2. The van der Waals surface area contributed by atoms with Gasteiger partial charge in [-0.25, -0.2) is 9.80 Å². The van der Waals surface area contributed by atoms with Crippen LogP contribution >= 0.6 is 39.1 Å². The number of carbonyl (C=O) groups is 4. The minimum absolute atomic E-state index is 0.118. The molecule has 6 atom stereocenters. The van der Waals surface area contributed by atoms with Gasteiger partial charge in [0, 0.05) is 26.0 Å². The summed E-state index contributed by atoms with van der Waals surface area (Å²) in [5.74, 6) is -5.66. The number of hydrogen-bond donors (Lipinski definition) is 1. The summed E-state index contributed by atoms with van der Waals surface area (Å²) < 4.78 is 6.17. The number of amides is 4. The summed E-state index contributed by atoms with van der Waals surface area (Å²) in [6, 6.07) is 24.2. The zero-order chi connectivity index (χ0) is 35.9. The molecule has 0 aromatic heterocycles. The van der Waals surface area contributed by atoms with Gasteiger partial charge in [0.25, 0.3) is 0 Å². The Kier molecular flexibility index (Phi) is 8.16. The van der Waals surface area contributed by atoms with Crippen molar-refractivity contribution in [2.45, 2.75) is 31.1 Å². The molecule has 258 valence electrons. The SMILES string of the molecule is COc1cc(Br)cc(C2C3=CCC4C(=O)N(c5ccc(C)c(Cl)c5)C(=O)C4C3CC3C(=O)N(c4cccc(Cl)c4)C(=O)C32c2ccccc2)c1O. The molecule has 4 aromatic rings. The fraction of sp³-hybridized carbons (Fsp3) is 0.250. The highest BCUT2D eigenvalue weighted by atomic mass is 79.9. The van der Waals surface area contributed by atoms with Gasteiger partial charge >= 0.3 is 0 Å². The summed E-state index contributed by atoms with van der Waals surface area (Å²) in [5, 5.41) is 12.7. The van der Waals surface area contributed by atoms with E-state index >= 15 is 4.79 Å². The molecule has 2 aliphatic heterocycles. The number of imide groups is 2. The number of benzene rings is 4. The normalized spacial score (nSPS) is 26.9. The van der Waals surface area contributed by atoms with Crippen LogP contribution in [0.2, 0.25) is 10.0 Å². The quantitative estimate of drug-likeness (QED) is 0.162. The third-order valence-electron chi connectivity index (χ3n) is 11.2. The monoisotopic (exact) mass is 784 g/mol. The van der Waals surface area contributed by atoms with Crippen LogP contribution in [0.25, 0.3) is 0 Å². The largest absolute Gasteiger partial charge is 0.504 e. The molecule has 3 fully saturated rings. The number of ether oxygens (including phenoxy) is 1. The molecule has 51 heavy (non-hydrogen) atoms. The van der Waals surface area contributed by atoms with Crippen molar-refractivity contribution in [2.24, 2.45) is 23.7 Å². The zero-order valence-corrected chi connectivity index (χ0v) is 30.6. The van der Waals surface area contributed by atoms with Crippen molar-refractivity contribution in [1.82, 2.24) is 0 Å². The molecule has 4 aromatic carbocycles. The number of fused-ring (bicyclic) bond motifs is 4. The molecule has 4 aliphatic rings. The van der Waals surface area contributed by atoms with Gasteiger partial charge in [0.2, 0.25) is 23.6 Å². The molecular formula is C40H31BrCl2N2O6. The molecule has 4 amide bonds. The van der Waals surface area contributed by atoms with E-state index in [2.05, 4.69) is 15.9 Å². The maximum atomic E-state index is 15.4. The van der Waals surface area contributed by atoms with Crippen LogP contribution in [0.5, 0.6) is 11.5 Å². The third-order valence-corrected chi connectivity index (χ3v) is 12.3. The first-order valence-corrected chi connectivity index (χ1v) is 18.1. The molecule has 1 N–H and O–H groups in total. The Morgan fingerprint density at radius 1 is 0.843 bits per heavy atom. The van der Waals surface area contributed by atoms with Crippen molar-refractivity contribution >= 4 is 74.1 Å². The number of phenols is 1. The fourth-order valence-corrected chi connectivity index (χ4v) is 9.85. The lowest BCUT2D eigenvalue weighted by atomic mass is 9.49. The van der Waals surface area contributed by atoms with Crippen molar-refractivity contribution in [1.29, 1.82) is 0 Å². The predicted molar refractivity (Wildman–Crippen MR) is 197 cm³/mol. The summed E-state index contributed by atoms with van der Waals surface area (Å²) in [6.45, 7) is 1.84. The third kappa shape index (κ3) is 4.85. The Morgan fingerprint density at radius 3 is 2.29 bits per heavy atom. The number of anilines is 2. The molecule has 2 heterocycles. The Bertz CT molecular complexity index is 2210. The highest BCUT2D eigenvalue weighted by Gasteiger charge is 2.70. The number of aryl methyl sites for hydroxylation is 1. The molecule has 1 saturated carbocycles. The highest BCUT2D eigenvalue weighted by molar-refractivity contribution is 9.10. The standard InChI is InChI=1S/C40H31BrCl2N2O6/c1-20-11-12-25(18-31(20)43)44-36(47)27-14-13-26-28(33(27)38(44)49)19-30-37(48)45(24-10-6-9-23(42)17-24)39(50)40(30,21-7-4-3-5-8-21)34(26)29-15-22(41)16-32(51-2)35(29)46/h3-13,15-18,27-28,30,33-34,46H,14,19H2,1-2H3. The topological polar surface area (TPSA) is 104 Å². The van der Waals surface area contributed by atoms with Crippen molar-refractivity contribution in [3.05, 3.63) is 128 Å². The number of allylic oxidation sites excluding steroid dienone is 2. The molecule has 2 saturated heterocycles. The van der Waals surface area contributed by atoms with Gasteiger partial charge < -0.3 is 9.84 Å². The summed E-state index contributed by atoms with van der Waals surface area (Å²) in [6.07, 6.45) is 2.30. The van der Waals surface area contributed by atoms with Crippen LogP contribution < -0.4 is 14.5 Å². The van der Waals surface area contributed by atoms with Gasteiger partial charge in [0.15, 0.2) is 11.5 Å². The van der Waals surface area contributed by atoms with E-state index in [1.54, 1.807) is 54.6 Å². The average Bonchev–Trinajstić information content (AvgIpc) is 3.51. The first-order valence-electron chi connectivity index (χ1n) is 16.6. The summed E-state index contributed by atoms with van der Waals surface area (Å²) >= 11 is 16.4. The maximum Gasteiger partial charge on any atom is 0.246 e. The second-order valence-corrected chi connectivity index (χ2v) is 15.3. The van der Waals surface area contributed by atoms with E-state index in [0.29, 0.717) is 42.6 Å². The number of carbonyl (C=O) groups excluding carboxylic acids is 4. The highest BCUT2D eigenvalue weighted by Crippen LogP contribution is 2.66. The van der Waals surface area contributed by atoms with E-state index in [1.165, 1.54) is 16.9 Å². The van der Waals surface area contributed by atoms with Crippen LogP contribution in [-0.2, 0) is 24.6 Å². The molecule has 8 rings (SSSR count). The second kappa shape index (κ2) is 12.4. The Balaban J connectivity index is 1.38. The maximum absolute atomic E-state index is 15.4. The molecule has 8 nitrogen and oxygen atoms in total. The molecule has 0 bridgehead atoms. The van der Waals surface area contributed by atoms with Crippen molar-refractivity contribution < 1.29 is 29.0 Å². The van der Waals surface area contributed by atoms with Crippen molar-refractivity contribution in [2.75, 3.05) is 16.9 Å². The van der Waals surface area contributed by atoms with Crippen LogP contribution in [0.3, 0.4) is 0 Å². The minimum atomic E-state index is -1.55. The van der Waals surface area contributed by atoms with E-state index in [1.807, 2.05) is 43.3 Å². The molecule has 11 heteroatoms. The summed E-state index contributed by atoms with van der Waals surface area (Å²) in [4.78, 5) is 61.4. The van der Waals surface area contributed by atoms with Crippen LogP contribution in [-0.4, -0.2) is 35.8 Å². The average molecular weight is 787 g/mol. The van der Waals surface area contributed by atoms with E-state index < -0.39 is 46.8 Å². The first-order chi connectivity index (χ1) is 24.5. The van der Waals surface area contributed by atoms with Gasteiger partial charge in [0.05, 0.1) is 41.7 Å². The number of phenolic OH excluding ortho intramolecular Hbond substituents is 1. The van der Waals surface area contributed by atoms with Gasteiger partial charge in [-0.3, -0.25) is 19.2 Å². The summed E-state index contributed by atoms with van der Waals surface area (Å²) in [7, 11) is 1.44. The van der Waals surface area contributed by atoms with Crippen molar-refractivity contribution in [3.8, 4) is 11.5 Å². The number of hydrogen-bond acceptors (Lipinski definition) is 6. The van der Waals surface area contributed by atoms with Crippen LogP contribution in [0, 0.1) is 30.6 Å². The second-order valence-electron chi connectivity index (χ2n) is 13.6. The number of halogens is 3. The van der Waals surface area contributed by atoms with E-state index in [4.69, 9.17) is 27.9 Å². The lowest BCUT2D eigenvalue weighted by Gasteiger charge is -2.50. The van der Waals surface area contributed by atoms with Crippen molar-refractivity contribution in [3.63, 3.8) is 0 Å². The van der Waals surface area contributed by atoms with E-state index in [-0.39, 0.29) is 36.2 Å². The molecule has 2 aliphatic carbocycles. The Morgan fingerprint density at radius 2 is 1.59 bits per heavy atom. The Labute approximate surface area is 312 Å². The van der Waals surface area contributed by atoms with Gasteiger partial charge in [-0.15, -0.1) is 0 Å². The minimum Gasteiger partial charge on any atom is -0.504 e. The molecule has 6 unspecified atom stereocenters. The lowest BCUT2D eigenvalue weighted by Crippen LogP contribution is -2.53. The number of rotatable bonds is 5. The Hall–Kier alpha value is -4.44. The van der Waals surface area contributed by atoms with Gasteiger partial charge in [-0.05, 0) is 79.3 Å². The van der Waals surface area contributed by atoms with E-state index in [9.17, 15) is 19.5 Å². The smallest absolute Gasteiger partial charge is 0.246 e. The number of methoxy groups -OCH3 is 1. The molecule has 0 spiro atoms. The van der Waals surface area contributed by atoms with Gasteiger partial charge in [-0.2, -0.15) is 0 Å². The van der Waals surface area contributed by atoms with Crippen LogP contribution in [0.1, 0.15) is 35.4 Å². The van der Waals surface area contributed by atoms with Gasteiger partial charge in [0.1, 0.15) is 0 Å². The first kappa shape index (κ1) is 33.7. The van der Waals surface area contributed by atoms with Gasteiger partial charge in [-0.1, -0.05) is 93.2 Å². The lowest BCUT2D eigenvalue weighted by molar-refractivity contribution is -0.127. The van der Waals surface area contributed by atoms with Crippen LogP contribution in [0.15, 0.2) is 101 Å². The molecule has 0 radical (unpaired) electrons. The molecular weight excluding hydrogens is 755 g/mol. The zero-order valence-electron chi connectivity index (χ0n) is 27.5. The number of aromatic hydroxyl groups is 1. The van der Waals surface area contributed by atoms with Crippen LogP contribution in [0.4, 0.5) is 11.4 Å². The summed E-state index contributed by atoms with van der Waals surface area (Å²) in [5.41, 5.74) is 1.63. The predicted octanol–water partition coefficient (Wildman–Crippen LogP) is 8.15. The fourth-order valence-electron chi connectivity index (χ4n) is 9.03.